The lowest BCUT2D eigenvalue weighted by atomic mass is 9.73. The molecule has 0 radical (unpaired) electrons. The van der Waals surface area contributed by atoms with Crippen molar-refractivity contribution >= 4 is 0 Å². The molecule has 2 aromatic rings. The highest BCUT2D eigenvalue weighted by molar-refractivity contribution is 5.75. The normalized spacial score (nSPS) is 15.2. The molecule has 1 atom stereocenters. The van der Waals surface area contributed by atoms with E-state index in [1.54, 1.807) is 0 Å². The van der Waals surface area contributed by atoms with Crippen LogP contribution in [0.3, 0.4) is 0 Å². The molecule has 0 fully saturated rings. The van der Waals surface area contributed by atoms with Gasteiger partial charge < -0.3 is 57.8 Å². The third-order valence-electron chi connectivity index (χ3n) is 14.9. The average Bonchev–Trinajstić information content (AvgIpc) is 3.94. The van der Waals surface area contributed by atoms with E-state index in [-0.39, 0.29) is 5.41 Å². The summed E-state index contributed by atoms with van der Waals surface area (Å²) in [7, 11) is 26.4. The zero-order valence-corrected chi connectivity index (χ0v) is 49.4. The quantitative estimate of drug-likeness (QED) is 0.0595. The summed E-state index contributed by atoms with van der Waals surface area (Å²) < 4.78 is 13.2. The van der Waals surface area contributed by atoms with E-state index in [0.717, 1.165) is 69.4 Å². The molecule has 0 N–H and O–H groups in total. The average molecular weight is 998 g/mol. The minimum absolute atomic E-state index is 0.0803. The molecule has 1 aliphatic carbocycles. The van der Waals surface area contributed by atoms with Crippen molar-refractivity contribution < 1.29 is 8.83 Å². The maximum absolute atomic E-state index is 6.69. The van der Waals surface area contributed by atoms with E-state index >= 15 is 0 Å². The maximum atomic E-state index is 6.69. The van der Waals surface area contributed by atoms with E-state index in [0.29, 0.717) is 0 Å². The first-order valence-corrected chi connectivity index (χ1v) is 29.0. The van der Waals surface area contributed by atoms with Crippen LogP contribution in [0.15, 0.2) is 21.0 Å². The van der Waals surface area contributed by atoms with Crippen molar-refractivity contribution in [2.24, 2.45) is 0 Å². The first-order valence-electron chi connectivity index (χ1n) is 29.0. The van der Waals surface area contributed by atoms with Gasteiger partial charge in [-0.3, -0.25) is 0 Å². The van der Waals surface area contributed by atoms with Crippen LogP contribution < -0.4 is 0 Å². The third-order valence-corrected chi connectivity index (χ3v) is 14.9. The second-order valence-corrected chi connectivity index (χ2v) is 23.6. The van der Waals surface area contributed by atoms with Gasteiger partial charge in [-0.05, 0) is 305 Å². The number of rotatable bonds is 46. The van der Waals surface area contributed by atoms with Gasteiger partial charge in [0, 0.05) is 5.56 Å². The Bertz CT molecular complexity index is 1480. The standard InChI is InChI=1S/C59H116N10O2/c1-53-51-55-57-56(52-54(2)70-57)59(58(55)71-53,31-19-15-17-21-39-66(41-23-33-60(3)4)42-24-34-61(5)6)32-20-16-18-22-40-67(47-29-49-68(43-25-35-62(7)8)44-26-36-63(9)10)48-30-50-69(45-27-37-64(11)12)46-28-38-65(13)14/h51-52H,15-50H2,1-14H3. The van der Waals surface area contributed by atoms with Gasteiger partial charge in [0.05, 0.1) is 11.0 Å². The Morgan fingerprint density at radius 2 is 0.577 bits per heavy atom. The molecule has 0 bridgehead atoms. The fourth-order valence-electron chi connectivity index (χ4n) is 11.1. The van der Waals surface area contributed by atoms with E-state index < -0.39 is 0 Å². The van der Waals surface area contributed by atoms with Gasteiger partial charge in [-0.15, -0.1) is 0 Å². The van der Waals surface area contributed by atoms with Crippen molar-refractivity contribution in [3.63, 3.8) is 0 Å². The second kappa shape index (κ2) is 36.2. The van der Waals surface area contributed by atoms with E-state index in [2.05, 4.69) is 160 Å². The number of unbranched alkanes of at least 4 members (excludes halogenated alkanes) is 6. The van der Waals surface area contributed by atoms with Crippen molar-refractivity contribution in [3.05, 3.63) is 35.0 Å². The maximum Gasteiger partial charge on any atom is 0.142 e. The lowest BCUT2D eigenvalue weighted by Gasteiger charge is -2.30. The van der Waals surface area contributed by atoms with Crippen LogP contribution in [-0.4, -0.2) is 251 Å². The fraction of sp³-hybridized carbons (Fsp3) is 0.864. The van der Waals surface area contributed by atoms with Crippen LogP contribution in [0.5, 0.6) is 0 Å². The van der Waals surface area contributed by atoms with Crippen molar-refractivity contribution in [1.29, 1.82) is 0 Å². The molecule has 2 heterocycles. The number of hydrogen-bond donors (Lipinski definition) is 0. The monoisotopic (exact) mass is 997 g/mol. The summed E-state index contributed by atoms with van der Waals surface area (Å²) in [6.07, 6.45) is 22.4. The van der Waals surface area contributed by atoms with Gasteiger partial charge in [0.1, 0.15) is 23.0 Å². The summed E-state index contributed by atoms with van der Waals surface area (Å²) in [5.74, 6) is 4.32. The molecule has 0 saturated heterocycles. The Hall–Kier alpha value is -1.84. The summed E-state index contributed by atoms with van der Waals surface area (Å²) in [5, 5.41) is 0. The van der Waals surface area contributed by atoms with Gasteiger partial charge in [0.25, 0.3) is 0 Å². The van der Waals surface area contributed by atoms with Crippen LogP contribution in [-0.2, 0) is 5.41 Å². The molecule has 3 rings (SSSR count). The fourth-order valence-corrected chi connectivity index (χ4v) is 11.1. The van der Waals surface area contributed by atoms with Crippen LogP contribution in [0.4, 0.5) is 0 Å². The van der Waals surface area contributed by atoms with Crippen molar-refractivity contribution in [2.45, 2.75) is 135 Å². The molecule has 12 heteroatoms. The largest absolute Gasteiger partial charge is 0.465 e. The minimum atomic E-state index is -0.0803. The highest BCUT2D eigenvalue weighted by atomic mass is 16.4. The Morgan fingerprint density at radius 3 is 0.887 bits per heavy atom. The molecule has 0 amide bonds. The zero-order valence-electron chi connectivity index (χ0n) is 49.4. The number of hydrogen-bond acceptors (Lipinski definition) is 12. The topological polar surface area (TPSA) is 58.7 Å². The number of fused-ring (bicyclic) bond motifs is 3. The van der Waals surface area contributed by atoms with Crippen LogP contribution >= 0.6 is 0 Å². The van der Waals surface area contributed by atoms with Crippen LogP contribution in [0.25, 0.3) is 11.3 Å². The number of furan rings is 2. The predicted molar refractivity (Wildman–Crippen MR) is 307 cm³/mol. The molecule has 0 aliphatic heterocycles. The molecule has 0 spiro atoms. The summed E-state index contributed by atoms with van der Waals surface area (Å²) in [4.78, 5) is 25.1. The van der Waals surface area contributed by atoms with Gasteiger partial charge >= 0.3 is 0 Å². The molecular weight excluding hydrogens is 881 g/mol. The SMILES string of the molecule is Cc1cc2c(o1)-c1cc(C)oc1C2(CCCCCCN(CCCN(C)C)CCCN(C)C)CCCCCCN(CCCN(CCCN(C)C)CCCN(C)C)CCCN(CCCN(C)C)CCCN(C)C. The van der Waals surface area contributed by atoms with Crippen LogP contribution in [0.1, 0.15) is 138 Å². The van der Waals surface area contributed by atoms with Crippen molar-refractivity contribution in [3.8, 4) is 11.3 Å². The summed E-state index contributed by atoms with van der Waals surface area (Å²) in [5.41, 5.74) is 2.54. The highest BCUT2D eigenvalue weighted by Gasteiger charge is 2.48. The summed E-state index contributed by atoms with van der Waals surface area (Å²) in [6.45, 7) is 25.7. The van der Waals surface area contributed by atoms with Gasteiger partial charge in [-0.1, -0.05) is 38.5 Å². The Morgan fingerprint density at radius 1 is 0.310 bits per heavy atom. The predicted octanol–water partition coefficient (Wildman–Crippen LogP) is 9.36. The number of aryl methyl sites for hydroxylation is 2. The molecular formula is C59H116N10O2. The van der Waals surface area contributed by atoms with Gasteiger partial charge in [0.15, 0.2) is 0 Å². The molecule has 0 aromatic carbocycles. The third kappa shape index (κ3) is 26.5. The van der Waals surface area contributed by atoms with Gasteiger partial charge in [-0.25, -0.2) is 0 Å². The number of nitrogens with zero attached hydrogens (tertiary/aromatic N) is 10. The van der Waals surface area contributed by atoms with Gasteiger partial charge in [-0.2, -0.15) is 0 Å². The summed E-state index contributed by atoms with van der Waals surface area (Å²) in [6, 6.07) is 4.60. The molecule has 1 aliphatic rings. The molecule has 414 valence electrons. The van der Waals surface area contributed by atoms with Crippen molar-refractivity contribution in [1.82, 2.24) is 49.0 Å². The molecule has 1 unspecified atom stereocenters. The Labute approximate surface area is 439 Å². The van der Waals surface area contributed by atoms with Gasteiger partial charge in [0.2, 0.25) is 0 Å². The van der Waals surface area contributed by atoms with Crippen LogP contribution in [0, 0.1) is 13.8 Å². The van der Waals surface area contributed by atoms with E-state index in [1.807, 2.05) is 0 Å². The van der Waals surface area contributed by atoms with Crippen molar-refractivity contribution in [2.75, 3.05) is 202 Å². The first kappa shape index (κ1) is 63.5. The zero-order chi connectivity index (χ0) is 52.0. The Balaban J connectivity index is 1.63. The first-order chi connectivity index (χ1) is 34.0. The highest BCUT2D eigenvalue weighted by Crippen LogP contribution is 2.56. The lowest BCUT2D eigenvalue weighted by molar-refractivity contribution is 0.193. The molecule has 12 nitrogen and oxygen atoms in total. The van der Waals surface area contributed by atoms with E-state index in [1.165, 1.54) is 198 Å². The smallest absolute Gasteiger partial charge is 0.142 e. The second-order valence-electron chi connectivity index (χ2n) is 23.6. The Kier molecular flexibility index (Phi) is 32.3. The molecule has 0 saturated carbocycles. The molecule has 71 heavy (non-hydrogen) atoms. The summed E-state index contributed by atoms with van der Waals surface area (Å²) >= 11 is 0. The lowest BCUT2D eigenvalue weighted by Crippen LogP contribution is -2.36. The van der Waals surface area contributed by atoms with E-state index in [9.17, 15) is 0 Å². The van der Waals surface area contributed by atoms with E-state index in [4.69, 9.17) is 8.83 Å². The van der Waals surface area contributed by atoms with Crippen LogP contribution in [0.2, 0.25) is 0 Å². The minimum Gasteiger partial charge on any atom is -0.465 e. The molecule has 2 aromatic heterocycles.